The highest BCUT2D eigenvalue weighted by Gasteiger charge is 2.50. The Hall–Kier alpha value is -3.64. The van der Waals surface area contributed by atoms with Crippen LogP contribution < -0.4 is 9.46 Å². The van der Waals surface area contributed by atoms with Gasteiger partial charge in [-0.15, -0.1) is 0 Å². The smallest absolute Gasteiger partial charge is 0.264 e. The number of nitrogens with zero attached hydrogens (tertiary/aromatic N) is 4. The van der Waals surface area contributed by atoms with Gasteiger partial charge in [-0.1, -0.05) is 38.1 Å². The van der Waals surface area contributed by atoms with Gasteiger partial charge < -0.3 is 9.64 Å². The fourth-order valence-corrected chi connectivity index (χ4v) is 8.57. The minimum Gasteiger partial charge on any atom is -0.475 e. The van der Waals surface area contributed by atoms with Gasteiger partial charge in [0.25, 0.3) is 22.4 Å². The summed E-state index contributed by atoms with van der Waals surface area (Å²) in [7, 11) is -4.16. The van der Waals surface area contributed by atoms with Crippen molar-refractivity contribution in [2.45, 2.75) is 83.2 Å². The third-order valence-electron chi connectivity index (χ3n) is 9.90. The van der Waals surface area contributed by atoms with Gasteiger partial charge >= 0.3 is 0 Å². The largest absolute Gasteiger partial charge is 0.475 e. The number of carbonyl (C=O) groups excluding carboxylic acids is 1. The number of ether oxygens (including phenoxy) is 1. The number of halogens is 2. The third kappa shape index (κ3) is 7.13. The summed E-state index contributed by atoms with van der Waals surface area (Å²) in [6, 6.07) is 13.3. The van der Waals surface area contributed by atoms with Crippen LogP contribution in [-0.4, -0.2) is 78.8 Å². The second-order valence-electron chi connectivity index (χ2n) is 13.9. The van der Waals surface area contributed by atoms with E-state index in [1.165, 1.54) is 12.1 Å². The molecule has 1 atom stereocenters. The van der Waals surface area contributed by atoms with E-state index in [2.05, 4.69) is 28.5 Å². The second kappa shape index (κ2) is 13.1. The minimum atomic E-state index is -4.16. The molecule has 0 radical (unpaired) electrons. The van der Waals surface area contributed by atoms with E-state index >= 15 is 0 Å². The second-order valence-corrected chi connectivity index (χ2v) is 15.6. The first-order valence-corrected chi connectivity index (χ1v) is 17.9. The zero-order valence-electron chi connectivity index (χ0n) is 27.4. The monoisotopic (exact) mass is 667 g/mol. The number of rotatable bonds is 6. The van der Waals surface area contributed by atoms with Crippen molar-refractivity contribution in [1.82, 2.24) is 19.8 Å². The standard InChI is InChI=1S/C35H43F2N5O4S/c1-22(2)15-26-21-46-31-17-29(32-23(3)7-5-8-24(32)4)38-34(39-31)40-47(44,45)28-10-6-9-25(16-28)33(43)42(26)27-18-35(19-27)11-13-41(14-12-35)20-30(36)37/h5-10,16-17,22,26-27,30H,11-15,18-21H2,1-4H3,(H,38,39,40)/t26-/m1/s1. The number of sulfonamides is 1. The summed E-state index contributed by atoms with van der Waals surface area (Å²) in [5.41, 5.74) is 3.62. The number of carbonyl (C=O) groups is 1. The van der Waals surface area contributed by atoms with E-state index in [0.29, 0.717) is 25.2 Å². The van der Waals surface area contributed by atoms with Crippen LogP contribution in [0, 0.1) is 25.2 Å². The number of benzene rings is 2. The Morgan fingerprint density at radius 3 is 2.36 bits per heavy atom. The lowest BCUT2D eigenvalue weighted by atomic mass is 9.59. The predicted octanol–water partition coefficient (Wildman–Crippen LogP) is 6.32. The maximum absolute atomic E-state index is 14.4. The van der Waals surface area contributed by atoms with Crippen molar-refractivity contribution in [2.24, 2.45) is 11.3 Å². The summed E-state index contributed by atoms with van der Waals surface area (Å²) >= 11 is 0. The number of hydrogen-bond donors (Lipinski definition) is 1. The van der Waals surface area contributed by atoms with Gasteiger partial charge in [0.05, 0.1) is 23.2 Å². The Morgan fingerprint density at radius 2 is 1.70 bits per heavy atom. The molecule has 3 aromatic rings. The summed E-state index contributed by atoms with van der Waals surface area (Å²) in [5.74, 6) is 0.0757. The molecule has 3 heterocycles. The molecule has 2 aromatic carbocycles. The maximum Gasteiger partial charge on any atom is 0.264 e. The highest BCUT2D eigenvalue weighted by atomic mass is 32.2. The molecule has 1 saturated carbocycles. The fourth-order valence-electron chi connectivity index (χ4n) is 7.58. The molecular formula is C35H43F2N5O4S. The van der Waals surface area contributed by atoms with Crippen LogP contribution in [0.2, 0.25) is 0 Å². The molecule has 3 aliphatic rings. The molecule has 2 fully saturated rings. The van der Waals surface area contributed by atoms with E-state index in [1.54, 1.807) is 18.2 Å². The number of alkyl halides is 2. The summed E-state index contributed by atoms with van der Waals surface area (Å²) in [6.07, 6.45) is 1.47. The van der Waals surface area contributed by atoms with Gasteiger partial charge in [-0.3, -0.25) is 9.69 Å². The number of anilines is 1. The Balaban J connectivity index is 1.38. The average molecular weight is 668 g/mol. The minimum absolute atomic E-state index is 0.00490. The third-order valence-corrected chi connectivity index (χ3v) is 11.2. The summed E-state index contributed by atoms with van der Waals surface area (Å²) < 4.78 is 62.2. The molecule has 1 saturated heterocycles. The van der Waals surface area contributed by atoms with Crippen LogP contribution in [0.4, 0.5) is 14.7 Å². The van der Waals surface area contributed by atoms with Crippen molar-refractivity contribution in [2.75, 3.05) is 31.0 Å². The van der Waals surface area contributed by atoms with Crippen LogP contribution in [0.1, 0.15) is 67.4 Å². The van der Waals surface area contributed by atoms with Crippen molar-refractivity contribution < 1.29 is 26.7 Å². The van der Waals surface area contributed by atoms with Gasteiger partial charge in [-0.25, -0.2) is 26.9 Å². The van der Waals surface area contributed by atoms with Crippen LogP contribution in [-0.2, 0) is 10.0 Å². The Bertz CT molecular complexity index is 1720. The molecule has 2 aliphatic heterocycles. The number of likely N-dealkylation sites (tertiary alicyclic amines) is 1. The summed E-state index contributed by atoms with van der Waals surface area (Å²) in [6.45, 7) is 9.34. The Morgan fingerprint density at radius 1 is 1.02 bits per heavy atom. The van der Waals surface area contributed by atoms with Gasteiger partial charge in [0.2, 0.25) is 11.8 Å². The Labute approximate surface area is 275 Å². The lowest BCUT2D eigenvalue weighted by molar-refractivity contribution is -0.0584. The lowest BCUT2D eigenvalue weighted by Crippen LogP contribution is -2.60. The number of piperidine rings is 1. The zero-order chi connectivity index (χ0) is 33.5. The highest BCUT2D eigenvalue weighted by Crippen LogP contribution is 2.52. The number of nitrogens with one attached hydrogen (secondary N) is 1. The van der Waals surface area contributed by atoms with Crippen molar-refractivity contribution in [3.63, 3.8) is 0 Å². The number of aromatic nitrogens is 2. The topological polar surface area (TPSA) is 105 Å². The number of fused-ring (bicyclic) bond motifs is 4. The van der Waals surface area contributed by atoms with Crippen molar-refractivity contribution in [1.29, 1.82) is 0 Å². The van der Waals surface area contributed by atoms with E-state index in [1.807, 2.05) is 41.8 Å². The van der Waals surface area contributed by atoms with Crippen molar-refractivity contribution >= 4 is 21.9 Å². The average Bonchev–Trinajstić information content (AvgIpc) is 2.99. The number of amides is 1. The predicted molar refractivity (Wildman–Crippen MR) is 176 cm³/mol. The summed E-state index contributed by atoms with van der Waals surface area (Å²) in [5, 5.41) is 0. The van der Waals surface area contributed by atoms with Gasteiger partial charge in [-0.05, 0) is 99.7 Å². The quantitative estimate of drug-likeness (QED) is 0.328. The molecule has 47 heavy (non-hydrogen) atoms. The van der Waals surface area contributed by atoms with Gasteiger partial charge in [0.15, 0.2) is 0 Å². The van der Waals surface area contributed by atoms with E-state index < -0.39 is 16.4 Å². The van der Waals surface area contributed by atoms with Crippen LogP contribution in [0.15, 0.2) is 53.4 Å². The molecule has 1 amide bonds. The van der Waals surface area contributed by atoms with Crippen LogP contribution in [0.25, 0.3) is 11.3 Å². The van der Waals surface area contributed by atoms with Crippen LogP contribution in [0.5, 0.6) is 5.88 Å². The van der Waals surface area contributed by atoms with E-state index in [-0.39, 0.29) is 64.8 Å². The molecule has 1 N–H and O–H groups in total. The van der Waals surface area contributed by atoms with Gasteiger partial charge in [0, 0.05) is 23.2 Å². The zero-order valence-corrected chi connectivity index (χ0v) is 28.2. The van der Waals surface area contributed by atoms with E-state index in [4.69, 9.17) is 4.74 Å². The maximum atomic E-state index is 14.4. The first-order valence-electron chi connectivity index (χ1n) is 16.4. The molecular weight excluding hydrogens is 624 g/mol. The molecule has 1 aromatic heterocycles. The molecule has 0 unspecified atom stereocenters. The van der Waals surface area contributed by atoms with Crippen molar-refractivity contribution in [3.8, 4) is 17.1 Å². The van der Waals surface area contributed by atoms with Crippen LogP contribution >= 0.6 is 0 Å². The molecule has 1 aliphatic carbocycles. The molecule has 252 valence electrons. The number of hydrogen-bond acceptors (Lipinski definition) is 7. The molecule has 9 nitrogen and oxygen atoms in total. The lowest BCUT2D eigenvalue weighted by Gasteiger charge is -2.56. The van der Waals surface area contributed by atoms with Crippen molar-refractivity contribution in [3.05, 3.63) is 65.2 Å². The Kier molecular flexibility index (Phi) is 9.28. The molecule has 6 rings (SSSR count). The highest BCUT2D eigenvalue weighted by molar-refractivity contribution is 7.92. The normalized spacial score (nSPS) is 21.4. The first-order chi connectivity index (χ1) is 22.3. The van der Waals surface area contributed by atoms with Gasteiger partial charge in [0.1, 0.15) is 6.61 Å². The fraction of sp³-hybridized carbons (Fsp3) is 0.514. The molecule has 1 spiro atoms. The SMILES string of the molecule is Cc1cccc(C)c1-c1cc2nc(n1)NS(=O)(=O)c1cccc(c1)C(=O)N(C1CC3(CCN(CC(F)F)CC3)C1)[C@H](CC(C)C)CO2. The van der Waals surface area contributed by atoms with E-state index in [0.717, 1.165) is 42.4 Å². The van der Waals surface area contributed by atoms with E-state index in [9.17, 15) is 22.0 Å². The van der Waals surface area contributed by atoms with Crippen LogP contribution in [0.3, 0.4) is 0 Å². The summed E-state index contributed by atoms with van der Waals surface area (Å²) in [4.78, 5) is 27.2. The molecule has 4 bridgehead atoms. The first kappa shape index (κ1) is 33.3. The molecule has 12 heteroatoms. The van der Waals surface area contributed by atoms with Gasteiger partial charge in [-0.2, -0.15) is 4.98 Å². The number of aryl methyl sites for hydroxylation is 2.